The summed E-state index contributed by atoms with van der Waals surface area (Å²) in [6.07, 6.45) is 9.89. The van der Waals surface area contributed by atoms with Gasteiger partial charge in [-0.3, -0.25) is 15.1 Å². The predicted molar refractivity (Wildman–Crippen MR) is 165 cm³/mol. The van der Waals surface area contributed by atoms with E-state index in [1.165, 1.54) is 0 Å². The van der Waals surface area contributed by atoms with Crippen LogP contribution in [0.4, 0.5) is 15.3 Å². The van der Waals surface area contributed by atoms with Crippen LogP contribution < -0.4 is 20.7 Å². The average Bonchev–Trinajstić information content (AvgIpc) is 2.93. The lowest BCUT2D eigenvalue weighted by Crippen LogP contribution is -2.46. The van der Waals surface area contributed by atoms with Crippen molar-refractivity contribution in [1.29, 1.82) is 0 Å². The molecule has 0 radical (unpaired) electrons. The first kappa shape index (κ1) is 32.4. The van der Waals surface area contributed by atoms with Crippen LogP contribution in [0, 0.1) is 5.92 Å². The zero-order valence-corrected chi connectivity index (χ0v) is 25.5. The third-order valence-corrected chi connectivity index (χ3v) is 6.48. The van der Waals surface area contributed by atoms with Crippen LogP contribution in [0.25, 0.3) is 0 Å². The number of amides is 4. The zero-order valence-electron chi connectivity index (χ0n) is 25.5. The summed E-state index contributed by atoms with van der Waals surface area (Å²) < 4.78 is 10.5. The molecule has 42 heavy (non-hydrogen) atoms. The van der Waals surface area contributed by atoms with Crippen LogP contribution in [0.1, 0.15) is 33.6 Å². The van der Waals surface area contributed by atoms with Crippen LogP contribution in [0.15, 0.2) is 65.3 Å². The molecule has 1 heterocycles. The van der Waals surface area contributed by atoms with E-state index >= 15 is 0 Å². The first-order chi connectivity index (χ1) is 19.9. The number of aliphatic imine (C=N–C) groups is 1. The Morgan fingerprint density at radius 1 is 1.07 bits per heavy atom. The predicted octanol–water partition coefficient (Wildman–Crippen LogP) is 3.96. The van der Waals surface area contributed by atoms with Crippen molar-refractivity contribution >= 4 is 29.4 Å². The molecular formula is C31H44N6O5. The fourth-order valence-corrected chi connectivity index (χ4v) is 4.38. The van der Waals surface area contributed by atoms with Crippen molar-refractivity contribution < 1.29 is 23.9 Å². The van der Waals surface area contributed by atoms with Crippen LogP contribution >= 0.6 is 0 Å². The van der Waals surface area contributed by atoms with Gasteiger partial charge in [-0.15, -0.1) is 0 Å². The molecule has 1 aliphatic heterocycles. The molecule has 228 valence electrons. The Labute approximate surface area is 248 Å². The zero-order chi connectivity index (χ0) is 30.7. The molecule has 0 bridgehead atoms. The molecule has 0 saturated heterocycles. The van der Waals surface area contributed by atoms with E-state index in [9.17, 15) is 14.4 Å². The molecule has 2 unspecified atom stereocenters. The maximum absolute atomic E-state index is 13.2. The van der Waals surface area contributed by atoms with Gasteiger partial charge in [0.05, 0.1) is 13.2 Å². The van der Waals surface area contributed by atoms with E-state index in [-0.39, 0.29) is 17.9 Å². The minimum atomic E-state index is -0.635. The molecule has 1 aliphatic carbocycles. The van der Waals surface area contributed by atoms with Gasteiger partial charge in [0, 0.05) is 36.9 Å². The number of urea groups is 1. The molecule has 3 rings (SSSR count). The van der Waals surface area contributed by atoms with Crippen molar-refractivity contribution in [2.24, 2.45) is 10.9 Å². The fraction of sp³-hybridized carbons (Fsp3) is 0.484. The van der Waals surface area contributed by atoms with E-state index in [2.05, 4.69) is 25.8 Å². The number of carbonyl (C=O) groups is 3. The highest BCUT2D eigenvalue weighted by atomic mass is 16.6. The molecule has 2 aliphatic rings. The van der Waals surface area contributed by atoms with E-state index in [0.717, 1.165) is 13.0 Å². The van der Waals surface area contributed by atoms with Gasteiger partial charge in [-0.2, -0.15) is 0 Å². The summed E-state index contributed by atoms with van der Waals surface area (Å²) in [5, 5.41) is 8.67. The van der Waals surface area contributed by atoms with Gasteiger partial charge in [-0.05, 0) is 90.7 Å². The lowest BCUT2D eigenvalue weighted by molar-refractivity contribution is -0.115. The monoisotopic (exact) mass is 580 g/mol. The topological polar surface area (TPSA) is 125 Å². The Morgan fingerprint density at radius 2 is 1.81 bits per heavy atom. The van der Waals surface area contributed by atoms with Gasteiger partial charge >= 0.3 is 12.1 Å². The summed E-state index contributed by atoms with van der Waals surface area (Å²) in [5.41, 5.74) is 0.903. The Morgan fingerprint density at radius 3 is 2.43 bits per heavy atom. The van der Waals surface area contributed by atoms with Crippen LogP contribution in [0.5, 0.6) is 5.75 Å². The number of hydrogen-bond acceptors (Lipinski definition) is 7. The number of rotatable bonds is 11. The number of carbonyl (C=O) groups excluding carboxylic acids is 3. The Hall–Kier alpha value is -4.12. The molecule has 1 aromatic rings. The summed E-state index contributed by atoms with van der Waals surface area (Å²) >= 11 is 0. The van der Waals surface area contributed by atoms with Crippen molar-refractivity contribution in [1.82, 2.24) is 20.4 Å². The van der Waals surface area contributed by atoms with Gasteiger partial charge in [0.1, 0.15) is 17.1 Å². The minimum absolute atomic E-state index is 0.0376. The maximum Gasteiger partial charge on any atom is 0.411 e. The largest absolute Gasteiger partial charge is 0.497 e. The molecular weight excluding hydrogens is 536 g/mol. The number of nitrogens with zero attached hydrogens (tertiary/aromatic N) is 3. The second kappa shape index (κ2) is 15.2. The third kappa shape index (κ3) is 10.7. The van der Waals surface area contributed by atoms with Crippen LogP contribution in [0.2, 0.25) is 0 Å². The van der Waals surface area contributed by atoms with Crippen molar-refractivity contribution in [3.05, 3.63) is 60.3 Å². The van der Waals surface area contributed by atoms with E-state index in [1.54, 1.807) is 69.2 Å². The standard InChI is InChI=1S/C31H44N6O5/c1-31(2,3)42-30(40)35-26-11-8-7-10-25(26)34-28(38)27-17-12-22(20-32-27)21-37(19-9-18-36(4)5)29(39)33-23-13-15-24(41-6)16-14-23/h7-8,11-17,22,25H,9-10,18-21H2,1-6H3,(H,33,39)(H,34,38)(H,35,40). The molecule has 3 N–H and O–H groups in total. The third-order valence-electron chi connectivity index (χ3n) is 6.48. The van der Waals surface area contributed by atoms with E-state index in [0.29, 0.717) is 48.9 Å². The van der Waals surface area contributed by atoms with Crippen LogP contribution in [-0.2, 0) is 9.53 Å². The number of dihydropyridines is 1. The maximum atomic E-state index is 13.2. The van der Waals surface area contributed by atoms with Gasteiger partial charge in [0.15, 0.2) is 0 Å². The van der Waals surface area contributed by atoms with Crippen molar-refractivity contribution in [2.45, 2.75) is 45.3 Å². The second-order valence-corrected chi connectivity index (χ2v) is 11.5. The summed E-state index contributed by atoms with van der Waals surface area (Å²) in [5.74, 6) is 0.346. The summed E-state index contributed by atoms with van der Waals surface area (Å²) in [6.45, 7) is 7.64. The highest BCUT2D eigenvalue weighted by molar-refractivity contribution is 6.43. The molecule has 0 aromatic heterocycles. The number of allylic oxidation sites excluding steroid dienone is 2. The Kier molecular flexibility index (Phi) is 11.7. The van der Waals surface area contributed by atoms with E-state index in [1.807, 2.05) is 32.3 Å². The first-order valence-corrected chi connectivity index (χ1v) is 14.2. The van der Waals surface area contributed by atoms with E-state index in [4.69, 9.17) is 9.47 Å². The Bertz CT molecular complexity index is 1210. The molecule has 0 fully saturated rings. The highest BCUT2D eigenvalue weighted by Gasteiger charge is 2.25. The highest BCUT2D eigenvalue weighted by Crippen LogP contribution is 2.18. The minimum Gasteiger partial charge on any atom is -0.497 e. The molecule has 4 amide bonds. The quantitative estimate of drug-likeness (QED) is 0.364. The molecule has 0 spiro atoms. The van der Waals surface area contributed by atoms with Gasteiger partial charge in [0.2, 0.25) is 0 Å². The number of anilines is 1. The lowest BCUT2D eigenvalue weighted by atomic mass is 10.0. The molecule has 2 atom stereocenters. The molecule has 0 saturated carbocycles. The van der Waals surface area contributed by atoms with Crippen LogP contribution in [-0.4, -0.2) is 92.6 Å². The van der Waals surface area contributed by atoms with Gasteiger partial charge in [0.25, 0.3) is 5.91 Å². The fourth-order valence-electron chi connectivity index (χ4n) is 4.38. The molecule has 11 nitrogen and oxygen atoms in total. The van der Waals surface area contributed by atoms with Crippen LogP contribution in [0.3, 0.4) is 0 Å². The number of nitrogens with one attached hydrogen (secondary N) is 3. The summed E-state index contributed by atoms with van der Waals surface area (Å²) in [7, 11) is 5.60. The molecule has 1 aromatic carbocycles. The van der Waals surface area contributed by atoms with Gasteiger partial charge in [-0.1, -0.05) is 18.2 Å². The van der Waals surface area contributed by atoms with Gasteiger partial charge < -0.3 is 29.9 Å². The smallest absolute Gasteiger partial charge is 0.411 e. The van der Waals surface area contributed by atoms with Gasteiger partial charge in [-0.25, -0.2) is 9.59 Å². The van der Waals surface area contributed by atoms with Crippen molar-refractivity contribution in [2.75, 3.05) is 52.7 Å². The van der Waals surface area contributed by atoms with Crippen molar-refractivity contribution in [3.8, 4) is 5.75 Å². The van der Waals surface area contributed by atoms with Crippen molar-refractivity contribution in [3.63, 3.8) is 0 Å². The number of benzene rings is 1. The second-order valence-electron chi connectivity index (χ2n) is 11.5. The number of methoxy groups -OCH3 is 1. The number of ether oxygens (including phenoxy) is 2. The average molecular weight is 581 g/mol. The Balaban J connectivity index is 1.57. The summed E-state index contributed by atoms with van der Waals surface area (Å²) in [4.78, 5) is 46.9. The first-order valence-electron chi connectivity index (χ1n) is 14.2. The number of hydrogen-bond donors (Lipinski definition) is 3. The SMILES string of the molecule is COc1ccc(NC(=O)N(CCCN(C)C)CC2C=CC(C(=O)NC3CC=CC=C3NC(=O)OC(C)(C)C)=NC2)cc1. The molecule has 11 heteroatoms. The normalized spacial score (nSPS) is 18.1. The lowest BCUT2D eigenvalue weighted by Gasteiger charge is -2.28. The number of alkyl carbamates (subject to hydrolysis) is 1. The summed E-state index contributed by atoms with van der Waals surface area (Å²) in [6, 6.07) is 6.59. The van der Waals surface area contributed by atoms with E-state index < -0.39 is 17.7 Å².